The predicted octanol–water partition coefficient (Wildman–Crippen LogP) is 4.92. The molecule has 1 aliphatic rings. The fraction of sp³-hybridized carbons (Fsp3) is 0.273. The molecule has 0 N–H and O–H groups in total. The van der Waals surface area contributed by atoms with E-state index in [1.54, 1.807) is 17.1 Å². The van der Waals surface area contributed by atoms with Crippen molar-refractivity contribution in [1.82, 2.24) is 24.7 Å². The topological polar surface area (TPSA) is 65.7 Å². The first-order chi connectivity index (χ1) is 14.2. The number of benzene rings is 1. The molecule has 0 bridgehead atoms. The van der Waals surface area contributed by atoms with E-state index in [0.29, 0.717) is 34.8 Å². The Morgan fingerprint density at radius 3 is 2.83 bits per heavy atom. The van der Waals surface area contributed by atoms with Crippen LogP contribution in [0.25, 0.3) is 33.5 Å². The molecule has 4 aromatic rings. The zero-order valence-electron chi connectivity index (χ0n) is 16.0. The summed E-state index contributed by atoms with van der Waals surface area (Å²) in [6, 6.07) is 9.71. The lowest BCUT2D eigenvalue weighted by Crippen LogP contribution is -2.19. The van der Waals surface area contributed by atoms with Crippen molar-refractivity contribution in [2.45, 2.75) is 19.3 Å². The summed E-state index contributed by atoms with van der Waals surface area (Å²) in [4.78, 5) is 13.8. The van der Waals surface area contributed by atoms with E-state index in [1.165, 1.54) is 19.3 Å². The average molecular weight is 406 g/mol. The summed E-state index contributed by atoms with van der Waals surface area (Å²) in [5.74, 6) is 1.14. The fourth-order valence-electron chi connectivity index (χ4n) is 3.52. The lowest BCUT2D eigenvalue weighted by atomic mass is 9.86. The highest BCUT2D eigenvalue weighted by molar-refractivity contribution is 6.35. The average Bonchev–Trinajstić information content (AvgIpc) is 3.13. The van der Waals surface area contributed by atoms with Gasteiger partial charge < -0.3 is 4.74 Å². The van der Waals surface area contributed by atoms with E-state index in [0.717, 1.165) is 22.2 Å². The molecule has 6 nitrogen and oxygen atoms in total. The Kier molecular flexibility index (Phi) is 4.64. The van der Waals surface area contributed by atoms with Gasteiger partial charge in [0.1, 0.15) is 17.1 Å². The summed E-state index contributed by atoms with van der Waals surface area (Å²) in [7, 11) is 1.88. The molecular formula is C22H20ClN5O. The van der Waals surface area contributed by atoms with E-state index in [9.17, 15) is 0 Å². The zero-order valence-corrected chi connectivity index (χ0v) is 16.8. The van der Waals surface area contributed by atoms with Crippen LogP contribution in [0.1, 0.15) is 19.3 Å². The second-order valence-electron chi connectivity index (χ2n) is 7.42. The number of nitrogens with zero attached hydrogens (tertiary/aromatic N) is 5. The molecule has 3 heterocycles. The largest absolute Gasteiger partial charge is 0.476 e. The minimum atomic E-state index is 0.522. The molecular weight excluding hydrogens is 386 g/mol. The molecule has 0 unspecified atom stereocenters. The van der Waals surface area contributed by atoms with E-state index in [4.69, 9.17) is 21.3 Å². The molecule has 1 aliphatic carbocycles. The minimum Gasteiger partial charge on any atom is -0.476 e. The van der Waals surface area contributed by atoms with E-state index in [1.807, 2.05) is 43.6 Å². The van der Waals surface area contributed by atoms with Crippen LogP contribution >= 0.6 is 11.6 Å². The quantitative estimate of drug-likeness (QED) is 0.471. The van der Waals surface area contributed by atoms with Gasteiger partial charge in [-0.1, -0.05) is 24.1 Å². The van der Waals surface area contributed by atoms with Gasteiger partial charge in [-0.25, -0.2) is 9.97 Å². The van der Waals surface area contributed by atoms with Crippen LogP contribution in [0.15, 0.2) is 48.9 Å². The SMILES string of the molecule is Cn1ccc(-c2ncc(OCC3CCC3)nc2-c2cc(Cl)c3ncccc3c2)n1. The predicted molar refractivity (Wildman–Crippen MR) is 113 cm³/mol. The number of rotatable bonds is 5. The summed E-state index contributed by atoms with van der Waals surface area (Å²) in [5, 5.41) is 6.03. The number of pyridine rings is 1. The lowest BCUT2D eigenvalue weighted by Gasteiger charge is -2.24. The molecule has 0 aliphatic heterocycles. The Balaban J connectivity index is 1.61. The monoisotopic (exact) mass is 405 g/mol. The number of aromatic nitrogens is 5. The molecule has 0 spiro atoms. The van der Waals surface area contributed by atoms with Gasteiger partial charge in [0.05, 0.1) is 23.3 Å². The van der Waals surface area contributed by atoms with Gasteiger partial charge in [0.2, 0.25) is 5.88 Å². The third-order valence-corrected chi connectivity index (χ3v) is 5.62. The van der Waals surface area contributed by atoms with Crippen molar-refractivity contribution >= 4 is 22.5 Å². The minimum absolute atomic E-state index is 0.522. The summed E-state index contributed by atoms with van der Waals surface area (Å²) >= 11 is 6.52. The van der Waals surface area contributed by atoms with E-state index >= 15 is 0 Å². The number of hydrogen-bond acceptors (Lipinski definition) is 5. The smallest absolute Gasteiger partial charge is 0.232 e. The number of aryl methyl sites for hydroxylation is 1. The highest BCUT2D eigenvalue weighted by atomic mass is 35.5. The molecule has 1 fully saturated rings. The van der Waals surface area contributed by atoms with Crippen molar-refractivity contribution in [3.05, 3.63) is 53.9 Å². The third-order valence-electron chi connectivity index (χ3n) is 5.33. The molecule has 7 heteroatoms. The van der Waals surface area contributed by atoms with Crippen LogP contribution in [0.2, 0.25) is 5.02 Å². The maximum Gasteiger partial charge on any atom is 0.232 e. The first-order valence-corrected chi connectivity index (χ1v) is 10.1. The molecule has 0 saturated heterocycles. The lowest BCUT2D eigenvalue weighted by molar-refractivity contribution is 0.175. The maximum absolute atomic E-state index is 6.52. The summed E-state index contributed by atoms with van der Waals surface area (Å²) in [6.45, 7) is 0.680. The molecule has 146 valence electrons. The van der Waals surface area contributed by atoms with Gasteiger partial charge in [-0.05, 0) is 43.0 Å². The zero-order chi connectivity index (χ0) is 19.8. The Morgan fingerprint density at radius 1 is 1.17 bits per heavy atom. The summed E-state index contributed by atoms with van der Waals surface area (Å²) < 4.78 is 7.69. The maximum atomic E-state index is 6.52. The molecule has 0 radical (unpaired) electrons. The van der Waals surface area contributed by atoms with Gasteiger partial charge in [-0.3, -0.25) is 9.67 Å². The fourth-order valence-corrected chi connectivity index (χ4v) is 3.80. The summed E-state index contributed by atoms with van der Waals surface area (Å²) in [6.07, 6.45) is 9.03. The van der Waals surface area contributed by atoms with Crippen LogP contribution < -0.4 is 4.74 Å². The molecule has 5 rings (SSSR count). The van der Waals surface area contributed by atoms with Gasteiger partial charge in [0.15, 0.2) is 0 Å². The molecule has 29 heavy (non-hydrogen) atoms. The van der Waals surface area contributed by atoms with Gasteiger partial charge in [-0.15, -0.1) is 0 Å². The number of fused-ring (bicyclic) bond motifs is 1. The molecule has 1 saturated carbocycles. The Morgan fingerprint density at radius 2 is 2.07 bits per heavy atom. The van der Waals surface area contributed by atoms with Crippen molar-refractivity contribution in [2.75, 3.05) is 6.61 Å². The standard InChI is InChI=1S/C22H20ClN5O/c1-28-9-7-18(27-28)22-21(26-19(12-25-22)29-13-14-4-2-5-14)16-10-15-6-3-8-24-20(15)17(23)11-16/h3,6-12,14H,2,4-5,13H2,1H3. The second kappa shape index (κ2) is 7.44. The van der Waals surface area contributed by atoms with Crippen molar-refractivity contribution in [3.8, 4) is 28.5 Å². The Labute approximate surface area is 173 Å². The van der Waals surface area contributed by atoms with E-state index < -0.39 is 0 Å². The van der Waals surface area contributed by atoms with Gasteiger partial charge in [0, 0.05) is 30.4 Å². The van der Waals surface area contributed by atoms with E-state index in [-0.39, 0.29) is 0 Å². The van der Waals surface area contributed by atoms with Gasteiger partial charge in [0.25, 0.3) is 0 Å². The van der Waals surface area contributed by atoms with Crippen LogP contribution in [0.4, 0.5) is 0 Å². The van der Waals surface area contributed by atoms with Crippen LogP contribution in [0.3, 0.4) is 0 Å². The highest BCUT2D eigenvalue weighted by Gasteiger charge is 2.20. The molecule has 0 atom stereocenters. The van der Waals surface area contributed by atoms with Crippen molar-refractivity contribution < 1.29 is 4.74 Å². The third kappa shape index (κ3) is 3.56. The van der Waals surface area contributed by atoms with Crippen molar-refractivity contribution in [2.24, 2.45) is 13.0 Å². The van der Waals surface area contributed by atoms with E-state index in [2.05, 4.69) is 15.1 Å². The normalized spacial score (nSPS) is 14.1. The van der Waals surface area contributed by atoms with Crippen LogP contribution in [0.5, 0.6) is 5.88 Å². The molecule has 3 aromatic heterocycles. The van der Waals surface area contributed by atoms with Gasteiger partial charge >= 0.3 is 0 Å². The van der Waals surface area contributed by atoms with Crippen LogP contribution in [0, 0.1) is 5.92 Å². The first-order valence-electron chi connectivity index (χ1n) is 9.72. The number of ether oxygens (including phenoxy) is 1. The van der Waals surface area contributed by atoms with Crippen molar-refractivity contribution in [1.29, 1.82) is 0 Å². The van der Waals surface area contributed by atoms with Gasteiger partial charge in [-0.2, -0.15) is 5.10 Å². The first kappa shape index (κ1) is 18.1. The summed E-state index contributed by atoms with van der Waals surface area (Å²) in [5.41, 5.74) is 3.77. The van der Waals surface area contributed by atoms with Crippen molar-refractivity contribution in [3.63, 3.8) is 0 Å². The molecule has 0 amide bonds. The molecule has 1 aromatic carbocycles. The van der Waals surface area contributed by atoms with Crippen LogP contribution in [-0.4, -0.2) is 31.3 Å². The highest BCUT2D eigenvalue weighted by Crippen LogP contribution is 2.34. The Hall–Kier alpha value is -2.99. The number of hydrogen-bond donors (Lipinski definition) is 0. The Bertz CT molecular complexity index is 1190. The number of halogens is 1. The van der Waals surface area contributed by atoms with Crippen LogP contribution in [-0.2, 0) is 7.05 Å². The second-order valence-corrected chi connectivity index (χ2v) is 7.83.